The van der Waals surface area contributed by atoms with Gasteiger partial charge in [0.2, 0.25) is 0 Å². The summed E-state index contributed by atoms with van der Waals surface area (Å²) in [6.45, 7) is -0.404. The summed E-state index contributed by atoms with van der Waals surface area (Å²) in [5.74, 6) is 0.0563. The van der Waals surface area contributed by atoms with Gasteiger partial charge in [-0.25, -0.2) is 0 Å². The maximum atomic E-state index is 12.2. The molecule has 0 aliphatic heterocycles. The first-order valence-electron chi connectivity index (χ1n) is 9.10. The highest BCUT2D eigenvalue weighted by molar-refractivity contribution is 5.88. The summed E-state index contributed by atoms with van der Waals surface area (Å²) in [5.41, 5.74) is 1.86. The average Bonchev–Trinajstić information content (AvgIpc) is 2.74. The Balaban J connectivity index is 2.08. The highest BCUT2D eigenvalue weighted by atomic mass is 19.3. The number of rotatable bonds is 7. The quantitative estimate of drug-likeness (QED) is 0.471. The topological polar surface area (TPSA) is 88.4 Å². The average molecular weight is 430 g/mol. The van der Waals surface area contributed by atoms with Gasteiger partial charge in [-0.3, -0.25) is 0 Å². The molecule has 162 valence electrons. The maximum Gasteiger partial charge on any atom is 0.269 e. The van der Waals surface area contributed by atoms with Crippen LogP contribution in [0.4, 0.5) is 8.78 Å². The fourth-order valence-electron chi connectivity index (χ4n) is 3.12. The fraction of sp³-hybridized carbons (Fsp3) is 0.130. The van der Waals surface area contributed by atoms with Crippen molar-refractivity contribution in [3.8, 4) is 56.8 Å². The van der Waals surface area contributed by atoms with Crippen LogP contribution in [0.3, 0.4) is 0 Å². The Kier molecular flexibility index (Phi) is 6.49. The van der Waals surface area contributed by atoms with Crippen LogP contribution in [0.2, 0.25) is 0 Å². The summed E-state index contributed by atoms with van der Waals surface area (Å²) in [4.78, 5) is 0. The molecule has 0 heterocycles. The van der Waals surface area contributed by atoms with Gasteiger partial charge in [-0.15, -0.1) is 0 Å². The summed E-state index contributed by atoms with van der Waals surface area (Å²) in [7, 11) is 2.84. The van der Waals surface area contributed by atoms with Crippen LogP contribution >= 0.6 is 0 Å². The van der Waals surface area contributed by atoms with Gasteiger partial charge < -0.3 is 29.5 Å². The second-order valence-corrected chi connectivity index (χ2v) is 6.42. The van der Waals surface area contributed by atoms with Crippen LogP contribution in [-0.4, -0.2) is 36.1 Å². The fourth-order valence-corrected chi connectivity index (χ4v) is 3.12. The van der Waals surface area contributed by atoms with E-state index in [9.17, 15) is 24.1 Å². The summed E-state index contributed by atoms with van der Waals surface area (Å²) >= 11 is 0. The van der Waals surface area contributed by atoms with Gasteiger partial charge in [-0.2, -0.15) is 8.78 Å². The molecular formula is C23H20F2O6. The van der Waals surface area contributed by atoms with Crippen molar-refractivity contribution in [3.63, 3.8) is 0 Å². The minimum atomic E-state index is -1.88. The zero-order valence-corrected chi connectivity index (χ0v) is 16.7. The third-order valence-electron chi connectivity index (χ3n) is 4.54. The van der Waals surface area contributed by atoms with Crippen molar-refractivity contribution in [2.24, 2.45) is 0 Å². The zero-order valence-electron chi connectivity index (χ0n) is 16.7. The summed E-state index contributed by atoms with van der Waals surface area (Å²) < 4.78 is 40.3. The molecule has 31 heavy (non-hydrogen) atoms. The molecule has 0 fully saturated rings. The molecule has 3 aromatic rings. The number of hydrogen-bond donors (Lipinski definition) is 3. The third-order valence-corrected chi connectivity index (χ3v) is 4.54. The molecule has 0 saturated heterocycles. The SMILES string of the molecule is COc1cc(-c2ccc(O)cc2)c(OC)c(O)c1-c1ccc(OCC=C(F)F)c(O)c1. The number of aromatic hydroxyl groups is 3. The van der Waals surface area contributed by atoms with Crippen LogP contribution in [0, 0.1) is 0 Å². The monoisotopic (exact) mass is 430 g/mol. The molecular weight excluding hydrogens is 410 g/mol. The highest BCUT2D eigenvalue weighted by Gasteiger charge is 2.22. The van der Waals surface area contributed by atoms with Gasteiger partial charge in [0, 0.05) is 11.6 Å². The first-order chi connectivity index (χ1) is 14.8. The third kappa shape index (κ3) is 4.63. The van der Waals surface area contributed by atoms with Crippen molar-refractivity contribution < 1.29 is 38.3 Å². The van der Waals surface area contributed by atoms with E-state index in [-0.39, 0.29) is 34.3 Å². The van der Waals surface area contributed by atoms with Crippen molar-refractivity contribution >= 4 is 0 Å². The van der Waals surface area contributed by atoms with Gasteiger partial charge in [0.25, 0.3) is 6.08 Å². The number of ether oxygens (including phenoxy) is 3. The van der Waals surface area contributed by atoms with E-state index in [1.807, 2.05) is 0 Å². The molecule has 3 N–H and O–H groups in total. The van der Waals surface area contributed by atoms with Gasteiger partial charge in [-0.05, 0) is 41.5 Å². The minimum absolute atomic E-state index is 0.00684. The summed E-state index contributed by atoms with van der Waals surface area (Å²) in [6.07, 6.45) is -1.30. The molecule has 3 rings (SSSR count). The van der Waals surface area contributed by atoms with Gasteiger partial charge in [-0.1, -0.05) is 18.2 Å². The van der Waals surface area contributed by atoms with Crippen LogP contribution in [0.25, 0.3) is 22.3 Å². The van der Waals surface area contributed by atoms with Gasteiger partial charge in [0.1, 0.15) is 18.1 Å². The minimum Gasteiger partial charge on any atom is -0.508 e. The number of hydrogen-bond acceptors (Lipinski definition) is 6. The van der Waals surface area contributed by atoms with Crippen molar-refractivity contribution in [1.82, 2.24) is 0 Å². The zero-order chi connectivity index (χ0) is 22.5. The Labute approximate surface area is 177 Å². The number of halogens is 2. The van der Waals surface area contributed by atoms with Crippen molar-refractivity contribution in [3.05, 3.63) is 60.7 Å². The second kappa shape index (κ2) is 9.25. The van der Waals surface area contributed by atoms with E-state index in [4.69, 9.17) is 14.2 Å². The van der Waals surface area contributed by atoms with E-state index in [1.165, 1.54) is 38.5 Å². The molecule has 0 bridgehead atoms. The lowest BCUT2D eigenvalue weighted by Crippen LogP contribution is -1.97. The normalized spacial score (nSPS) is 10.5. The molecule has 0 atom stereocenters. The standard InChI is InChI=1S/C23H20F2O6/c1-29-19-12-16(13-3-6-15(26)7-4-13)23(30-2)22(28)21(19)14-5-8-18(17(27)11-14)31-10-9-20(24)25/h3-9,11-12,26-28H,10H2,1-2H3. The first-order valence-corrected chi connectivity index (χ1v) is 9.10. The molecule has 0 spiro atoms. The van der Waals surface area contributed by atoms with E-state index < -0.39 is 12.7 Å². The van der Waals surface area contributed by atoms with E-state index in [2.05, 4.69) is 0 Å². The molecule has 0 aliphatic rings. The molecule has 0 radical (unpaired) electrons. The molecule has 0 unspecified atom stereocenters. The number of phenolic OH excluding ortho intramolecular Hbond substituents is 3. The van der Waals surface area contributed by atoms with Gasteiger partial charge in [0.15, 0.2) is 23.0 Å². The largest absolute Gasteiger partial charge is 0.508 e. The number of benzene rings is 3. The maximum absolute atomic E-state index is 12.2. The van der Waals surface area contributed by atoms with E-state index >= 15 is 0 Å². The Morgan fingerprint density at radius 1 is 0.871 bits per heavy atom. The predicted octanol–water partition coefficient (Wildman–Crippen LogP) is 5.31. The van der Waals surface area contributed by atoms with Crippen molar-refractivity contribution in [2.45, 2.75) is 0 Å². The van der Waals surface area contributed by atoms with Crippen LogP contribution in [-0.2, 0) is 0 Å². The lowest BCUT2D eigenvalue weighted by Gasteiger charge is -2.18. The Morgan fingerprint density at radius 3 is 2.13 bits per heavy atom. The number of methoxy groups -OCH3 is 2. The first kappa shape index (κ1) is 21.8. The van der Waals surface area contributed by atoms with Crippen LogP contribution in [0.15, 0.2) is 60.7 Å². The summed E-state index contributed by atoms with van der Waals surface area (Å²) in [5, 5.41) is 30.7. The Hall–Kier alpha value is -3.94. The Morgan fingerprint density at radius 2 is 1.55 bits per heavy atom. The number of phenols is 3. The lowest BCUT2D eigenvalue weighted by atomic mass is 9.96. The second-order valence-electron chi connectivity index (χ2n) is 6.42. The smallest absolute Gasteiger partial charge is 0.269 e. The molecule has 0 aliphatic carbocycles. The van der Waals surface area contributed by atoms with Crippen LogP contribution < -0.4 is 14.2 Å². The molecule has 8 heteroatoms. The molecule has 0 saturated carbocycles. The Bertz CT molecular complexity index is 1110. The van der Waals surface area contributed by atoms with Crippen molar-refractivity contribution in [2.75, 3.05) is 20.8 Å². The van der Waals surface area contributed by atoms with E-state index in [1.54, 1.807) is 24.3 Å². The van der Waals surface area contributed by atoms with E-state index in [0.29, 0.717) is 28.5 Å². The van der Waals surface area contributed by atoms with Crippen LogP contribution in [0.5, 0.6) is 34.5 Å². The lowest BCUT2D eigenvalue weighted by molar-refractivity contribution is 0.324. The van der Waals surface area contributed by atoms with E-state index in [0.717, 1.165) is 0 Å². The molecule has 6 nitrogen and oxygen atoms in total. The molecule has 0 aromatic heterocycles. The summed E-state index contributed by atoms with van der Waals surface area (Å²) in [6, 6.07) is 12.3. The highest BCUT2D eigenvalue weighted by Crippen LogP contribution is 2.50. The van der Waals surface area contributed by atoms with Gasteiger partial charge >= 0.3 is 0 Å². The molecule has 0 amide bonds. The molecule has 3 aromatic carbocycles. The van der Waals surface area contributed by atoms with Crippen molar-refractivity contribution in [1.29, 1.82) is 0 Å². The predicted molar refractivity (Wildman–Crippen MR) is 111 cm³/mol. The van der Waals surface area contributed by atoms with Gasteiger partial charge in [0.05, 0.1) is 19.8 Å². The van der Waals surface area contributed by atoms with Crippen LogP contribution in [0.1, 0.15) is 0 Å².